The maximum atomic E-state index is 13.5. The number of nitrogens with two attached hydrogens (primary N) is 1. The number of nitrogens with one attached hydrogen (secondary N) is 1. The molecule has 4 nitrogen and oxygen atoms in total. The quantitative estimate of drug-likeness (QED) is 0.830. The van der Waals surface area contributed by atoms with Crippen molar-refractivity contribution in [1.29, 1.82) is 0 Å². The summed E-state index contributed by atoms with van der Waals surface area (Å²) in [6.45, 7) is 0. The van der Waals surface area contributed by atoms with E-state index >= 15 is 0 Å². The number of H-pyrrole nitrogens is 1. The van der Waals surface area contributed by atoms with Crippen LogP contribution in [0, 0.1) is 9.39 Å². The summed E-state index contributed by atoms with van der Waals surface area (Å²) in [5, 5.41) is 6.62. The summed E-state index contributed by atoms with van der Waals surface area (Å²) in [5.74, 6) is 0.210. The van der Waals surface area contributed by atoms with Crippen molar-refractivity contribution in [1.82, 2.24) is 10.2 Å². The molecule has 2 aromatic rings. The van der Waals surface area contributed by atoms with Gasteiger partial charge in [-0.3, -0.25) is 5.10 Å². The maximum Gasteiger partial charge on any atom is 0.165 e. The number of benzene rings is 1. The van der Waals surface area contributed by atoms with Crippen molar-refractivity contribution >= 4 is 28.4 Å². The van der Waals surface area contributed by atoms with Gasteiger partial charge in [-0.05, 0) is 40.8 Å². The average molecular weight is 333 g/mol. The first-order valence-electron chi connectivity index (χ1n) is 4.46. The van der Waals surface area contributed by atoms with Crippen molar-refractivity contribution in [3.63, 3.8) is 0 Å². The molecule has 0 aliphatic carbocycles. The Morgan fingerprint density at radius 2 is 2.25 bits per heavy atom. The molecule has 3 N–H and O–H groups in total. The molecule has 0 unspecified atom stereocenters. The Morgan fingerprint density at radius 3 is 2.75 bits per heavy atom. The highest BCUT2D eigenvalue weighted by atomic mass is 127. The molecule has 84 valence electrons. The lowest BCUT2D eigenvalue weighted by atomic mass is 10.1. The summed E-state index contributed by atoms with van der Waals surface area (Å²) < 4.78 is 19.1. The largest absolute Gasteiger partial charge is 0.494 e. The molecule has 1 heterocycles. The third kappa shape index (κ3) is 1.84. The number of methoxy groups -OCH3 is 1. The molecule has 0 bridgehead atoms. The van der Waals surface area contributed by atoms with Gasteiger partial charge in [0.1, 0.15) is 0 Å². The van der Waals surface area contributed by atoms with Gasteiger partial charge in [-0.15, -0.1) is 0 Å². The van der Waals surface area contributed by atoms with Crippen molar-refractivity contribution < 1.29 is 9.13 Å². The molecule has 0 saturated carbocycles. The van der Waals surface area contributed by atoms with Gasteiger partial charge in [0.25, 0.3) is 0 Å². The minimum absolute atomic E-state index is 0.214. The van der Waals surface area contributed by atoms with Gasteiger partial charge in [0.2, 0.25) is 0 Å². The van der Waals surface area contributed by atoms with E-state index in [0.717, 1.165) is 3.57 Å². The Labute approximate surface area is 105 Å². The molecule has 16 heavy (non-hydrogen) atoms. The number of halogens is 2. The third-order valence-corrected chi connectivity index (χ3v) is 3.26. The molecule has 0 spiro atoms. The highest BCUT2D eigenvalue weighted by molar-refractivity contribution is 14.1. The predicted octanol–water partition coefficient (Wildman–Crippen LogP) is 2.41. The van der Waals surface area contributed by atoms with Crippen LogP contribution >= 0.6 is 22.6 Å². The zero-order valence-electron chi connectivity index (χ0n) is 8.42. The second-order valence-electron chi connectivity index (χ2n) is 3.15. The summed E-state index contributed by atoms with van der Waals surface area (Å²) in [7, 11) is 1.43. The van der Waals surface area contributed by atoms with E-state index in [1.807, 2.05) is 0 Å². The Bertz CT molecular complexity index is 527. The number of hydrogen-bond donors (Lipinski definition) is 2. The lowest BCUT2D eigenvalue weighted by molar-refractivity contribution is 0.386. The molecular weight excluding hydrogens is 324 g/mol. The van der Waals surface area contributed by atoms with Crippen LogP contribution in [-0.2, 0) is 0 Å². The molecule has 1 aromatic heterocycles. The smallest absolute Gasteiger partial charge is 0.165 e. The van der Waals surface area contributed by atoms with Gasteiger partial charge in [0.15, 0.2) is 17.4 Å². The van der Waals surface area contributed by atoms with E-state index in [-0.39, 0.29) is 5.75 Å². The second kappa shape index (κ2) is 4.28. The van der Waals surface area contributed by atoms with Crippen molar-refractivity contribution in [3.05, 3.63) is 27.6 Å². The molecule has 0 atom stereocenters. The third-order valence-electron chi connectivity index (χ3n) is 2.17. The first-order valence-corrected chi connectivity index (χ1v) is 5.54. The minimum atomic E-state index is -0.413. The van der Waals surface area contributed by atoms with Crippen LogP contribution in [0.15, 0.2) is 18.2 Å². The molecule has 1 aromatic carbocycles. The van der Waals surface area contributed by atoms with Gasteiger partial charge in [-0.1, -0.05) is 0 Å². The summed E-state index contributed by atoms with van der Waals surface area (Å²) in [6, 6.07) is 4.70. The molecule has 0 aliphatic heterocycles. The number of nitrogen functional groups attached to an aromatic ring is 1. The Balaban J connectivity index is 2.49. The average Bonchev–Trinajstić information content (AvgIpc) is 2.60. The zero-order valence-corrected chi connectivity index (χ0v) is 10.6. The van der Waals surface area contributed by atoms with Crippen LogP contribution in [0.25, 0.3) is 11.3 Å². The number of aromatic nitrogens is 2. The Hall–Kier alpha value is -1.31. The molecule has 0 amide bonds. The lowest BCUT2D eigenvalue weighted by Gasteiger charge is -2.03. The van der Waals surface area contributed by atoms with E-state index in [2.05, 4.69) is 32.8 Å². The van der Waals surface area contributed by atoms with E-state index in [1.165, 1.54) is 13.2 Å². The fourth-order valence-corrected chi connectivity index (χ4v) is 1.91. The maximum absolute atomic E-state index is 13.5. The predicted molar refractivity (Wildman–Crippen MR) is 67.7 cm³/mol. The number of nitrogens with zero attached hydrogens (tertiary/aromatic N) is 1. The number of aromatic amines is 1. The van der Waals surface area contributed by atoms with E-state index < -0.39 is 5.82 Å². The van der Waals surface area contributed by atoms with Crippen molar-refractivity contribution in [2.45, 2.75) is 0 Å². The van der Waals surface area contributed by atoms with Gasteiger partial charge < -0.3 is 10.5 Å². The number of ether oxygens (including phenoxy) is 1. The molecule has 0 fully saturated rings. The van der Waals surface area contributed by atoms with E-state index in [9.17, 15) is 4.39 Å². The van der Waals surface area contributed by atoms with E-state index in [4.69, 9.17) is 10.5 Å². The monoisotopic (exact) mass is 333 g/mol. The topological polar surface area (TPSA) is 63.9 Å². The van der Waals surface area contributed by atoms with Crippen molar-refractivity contribution in [3.8, 4) is 17.0 Å². The normalized spacial score (nSPS) is 10.4. The Morgan fingerprint density at radius 1 is 1.50 bits per heavy atom. The van der Waals surface area contributed by atoms with Gasteiger partial charge >= 0.3 is 0 Å². The molecule has 0 aliphatic rings. The first kappa shape index (κ1) is 11.2. The second-order valence-corrected chi connectivity index (χ2v) is 4.23. The number of hydrogen-bond acceptors (Lipinski definition) is 3. The van der Waals surface area contributed by atoms with Crippen molar-refractivity contribution in [2.75, 3.05) is 12.8 Å². The van der Waals surface area contributed by atoms with Crippen LogP contribution < -0.4 is 10.5 Å². The SMILES string of the molecule is COc1ccc(-c2[nH]nc(N)c2I)cc1F. The van der Waals surface area contributed by atoms with Crippen LogP contribution in [0.4, 0.5) is 10.2 Å². The van der Waals surface area contributed by atoms with Crippen LogP contribution in [0.5, 0.6) is 5.75 Å². The van der Waals surface area contributed by atoms with E-state index in [0.29, 0.717) is 17.1 Å². The van der Waals surface area contributed by atoms with Crippen LogP contribution in [0.2, 0.25) is 0 Å². The van der Waals surface area contributed by atoms with Crippen molar-refractivity contribution in [2.24, 2.45) is 0 Å². The minimum Gasteiger partial charge on any atom is -0.494 e. The molecule has 2 rings (SSSR count). The molecule has 0 radical (unpaired) electrons. The summed E-state index contributed by atoms with van der Waals surface area (Å²) in [5.41, 5.74) is 7.00. The lowest BCUT2D eigenvalue weighted by Crippen LogP contribution is -1.90. The van der Waals surface area contributed by atoms with Gasteiger partial charge in [-0.2, -0.15) is 5.10 Å². The van der Waals surface area contributed by atoms with Gasteiger partial charge in [0.05, 0.1) is 16.4 Å². The van der Waals surface area contributed by atoms with E-state index in [1.54, 1.807) is 12.1 Å². The van der Waals surface area contributed by atoms with Gasteiger partial charge in [-0.25, -0.2) is 4.39 Å². The van der Waals surface area contributed by atoms with Crippen LogP contribution in [0.3, 0.4) is 0 Å². The number of anilines is 1. The molecule has 6 heteroatoms. The van der Waals surface area contributed by atoms with Crippen LogP contribution in [-0.4, -0.2) is 17.3 Å². The van der Waals surface area contributed by atoms with Crippen LogP contribution in [0.1, 0.15) is 0 Å². The fraction of sp³-hybridized carbons (Fsp3) is 0.100. The number of rotatable bonds is 2. The standard InChI is InChI=1S/C10H9FIN3O/c1-16-7-3-2-5(4-6(7)11)9-8(12)10(13)15-14-9/h2-4H,1H3,(H3,13,14,15). The molecular formula is C10H9FIN3O. The first-order chi connectivity index (χ1) is 7.63. The fourth-order valence-electron chi connectivity index (χ4n) is 1.36. The summed E-state index contributed by atoms with van der Waals surface area (Å²) >= 11 is 2.06. The Kier molecular flexibility index (Phi) is 2.99. The molecule has 0 saturated heterocycles. The zero-order chi connectivity index (χ0) is 11.7. The highest BCUT2D eigenvalue weighted by Gasteiger charge is 2.12. The van der Waals surface area contributed by atoms with Gasteiger partial charge in [0, 0.05) is 5.56 Å². The highest BCUT2D eigenvalue weighted by Crippen LogP contribution is 2.29. The summed E-state index contributed by atoms with van der Waals surface area (Å²) in [4.78, 5) is 0. The summed E-state index contributed by atoms with van der Waals surface area (Å²) in [6.07, 6.45) is 0.